The summed E-state index contributed by atoms with van der Waals surface area (Å²) in [5.41, 5.74) is -0.685. The monoisotopic (exact) mass is 540 g/mol. The summed E-state index contributed by atoms with van der Waals surface area (Å²) in [5, 5.41) is 12.4. The summed E-state index contributed by atoms with van der Waals surface area (Å²) < 4.78 is 57.4. The van der Waals surface area contributed by atoms with Crippen molar-refractivity contribution >= 4 is 29.0 Å². The number of halogens is 1. The first-order valence-electron chi connectivity index (χ1n) is 12.3. The largest absolute Gasteiger partial charge is 0.495 e. The molecule has 0 radical (unpaired) electrons. The zero-order chi connectivity index (χ0) is 27.3. The third-order valence-corrected chi connectivity index (χ3v) is 9.13. The molecule has 5 atom stereocenters. The number of aromatic carboxylic acids is 1. The lowest BCUT2D eigenvalue weighted by Crippen LogP contribution is -2.65. The second-order valence-electron chi connectivity index (χ2n) is 11.1. The molecule has 0 spiro atoms. The normalized spacial score (nSPS) is 28.7. The smallest absolute Gasteiger partial charge is 0.482 e. The Labute approximate surface area is 216 Å². The minimum Gasteiger partial charge on any atom is -0.495 e. The maximum absolute atomic E-state index is 14.3. The molecule has 10 nitrogen and oxygen atoms in total. The Kier molecular flexibility index (Phi) is 7.39. The third kappa shape index (κ3) is 5.23. The molecule has 1 amide bonds. The van der Waals surface area contributed by atoms with Gasteiger partial charge < -0.3 is 24.5 Å². The van der Waals surface area contributed by atoms with E-state index < -0.39 is 51.9 Å². The molecule has 4 fully saturated rings. The van der Waals surface area contributed by atoms with Crippen molar-refractivity contribution in [1.82, 2.24) is 10.0 Å². The number of hydrogen-bond acceptors (Lipinski definition) is 7. The van der Waals surface area contributed by atoms with Crippen LogP contribution in [0.15, 0.2) is 12.1 Å². The summed E-state index contributed by atoms with van der Waals surface area (Å²) in [5.74, 6) is -2.97. The molecule has 4 aliphatic rings. The van der Waals surface area contributed by atoms with Gasteiger partial charge in [0.15, 0.2) is 0 Å². The Morgan fingerprint density at radius 2 is 2.00 bits per heavy atom. The minimum absolute atomic E-state index is 0.0416. The molecule has 3 aliphatic carbocycles. The highest BCUT2D eigenvalue weighted by Crippen LogP contribution is 2.65. The van der Waals surface area contributed by atoms with Crippen LogP contribution in [-0.4, -0.2) is 70.1 Å². The molecule has 37 heavy (non-hydrogen) atoms. The van der Waals surface area contributed by atoms with E-state index >= 15 is 0 Å². The Morgan fingerprint density at radius 1 is 1.30 bits per heavy atom. The molecule has 3 N–H and O–H groups in total. The first-order valence-corrected chi connectivity index (χ1v) is 14.2. The van der Waals surface area contributed by atoms with Crippen LogP contribution in [0, 0.1) is 23.1 Å². The number of rotatable bonds is 10. The predicted octanol–water partition coefficient (Wildman–Crippen LogP) is 1.77. The van der Waals surface area contributed by atoms with Crippen LogP contribution < -0.4 is 14.8 Å². The number of nitrogens with one attached hydrogen (secondary N) is 2. The minimum atomic E-state index is -3.46. The van der Waals surface area contributed by atoms with Crippen molar-refractivity contribution in [2.24, 2.45) is 17.3 Å². The lowest BCUT2D eigenvalue weighted by atomic mass is 9.43. The average molecular weight is 540 g/mol. The van der Waals surface area contributed by atoms with Gasteiger partial charge in [0.2, 0.25) is 15.9 Å². The fourth-order valence-electron chi connectivity index (χ4n) is 6.35. The number of ether oxygens (including phenoxy) is 1. The summed E-state index contributed by atoms with van der Waals surface area (Å²) in [6, 6.07) is 2.46. The van der Waals surface area contributed by atoms with E-state index in [9.17, 15) is 27.5 Å². The van der Waals surface area contributed by atoms with Gasteiger partial charge in [0.1, 0.15) is 17.1 Å². The maximum Gasteiger partial charge on any atom is 0.482 e. The van der Waals surface area contributed by atoms with Crippen LogP contribution >= 0.6 is 0 Å². The van der Waals surface area contributed by atoms with Crippen molar-refractivity contribution in [3.05, 3.63) is 29.1 Å². The van der Waals surface area contributed by atoms with Gasteiger partial charge in [-0.1, -0.05) is 19.9 Å². The number of amides is 1. The number of carbonyl (C=O) groups is 2. The van der Waals surface area contributed by atoms with Gasteiger partial charge in [0.05, 0.1) is 31.0 Å². The molecule has 5 rings (SSSR count). The molecule has 3 saturated carbocycles. The molecule has 0 aromatic heterocycles. The fraction of sp³-hybridized carbons (Fsp3) is 0.667. The molecule has 1 heterocycles. The van der Waals surface area contributed by atoms with Crippen molar-refractivity contribution in [3.8, 4) is 5.75 Å². The van der Waals surface area contributed by atoms with Crippen LogP contribution in [0.3, 0.4) is 0 Å². The van der Waals surface area contributed by atoms with Crippen molar-refractivity contribution in [1.29, 1.82) is 0 Å². The van der Waals surface area contributed by atoms with E-state index in [0.717, 1.165) is 25.2 Å². The topological polar surface area (TPSA) is 140 Å². The highest BCUT2D eigenvalue weighted by Gasteiger charge is 2.68. The summed E-state index contributed by atoms with van der Waals surface area (Å²) in [7, 11) is -3.06. The van der Waals surface area contributed by atoms with Crippen molar-refractivity contribution < 1.29 is 41.5 Å². The number of hydrogen-bond donors (Lipinski definition) is 3. The van der Waals surface area contributed by atoms with Gasteiger partial charge in [-0.05, 0) is 55.1 Å². The van der Waals surface area contributed by atoms with Crippen LogP contribution in [0.5, 0.6) is 5.75 Å². The summed E-state index contributed by atoms with van der Waals surface area (Å²) >= 11 is 0. The maximum atomic E-state index is 14.3. The van der Waals surface area contributed by atoms with Gasteiger partial charge in [-0.3, -0.25) is 4.79 Å². The van der Waals surface area contributed by atoms with Crippen molar-refractivity contribution in [2.75, 3.05) is 19.9 Å². The molecule has 1 aliphatic heterocycles. The van der Waals surface area contributed by atoms with Gasteiger partial charge in [0, 0.05) is 13.0 Å². The molecule has 13 heteroatoms. The van der Waals surface area contributed by atoms with E-state index in [1.54, 1.807) is 0 Å². The predicted molar refractivity (Wildman–Crippen MR) is 133 cm³/mol. The van der Waals surface area contributed by atoms with Crippen molar-refractivity contribution in [2.45, 2.75) is 64.1 Å². The fourth-order valence-corrected chi connectivity index (χ4v) is 6.82. The SMILES string of the molecule is COc1c(CC(NC(=O)CCNS(C)(=O)=O)B2OC3CC4CC(C4(C)C)C3(C)O2)ccc(F)c1C(=O)O. The molecular formula is C24H34BFN2O8S. The lowest BCUT2D eigenvalue weighted by molar-refractivity contribution is -0.199. The Hall–Kier alpha value is -2.22. The van der Waals surface area contributed by atoms with Crippen LogP contribution in [0.4, 0.5) is 4.39 Å². The van der Waals surface area contributed by atoms with E-state index in [4.69, 9.17) is 14.0 Å². The van der Waals surface area contributed by atoms with E-state index in [0.29, 0.717) is 11.5 Å². The van der Waals surface area contributed by atoms with Crippen LogP contribution in [0.1, 0.15) is 56.0 Å². The van der Waals surface area contributed by atoms with E-state index in [-0.39, 0.29) is 42.6 Å². The molecule has 1 aromatic carbocycles. The van der Waals surface area contributed by atoms with Crippen molar-refractivity contribution in [3.63, 3.8) is 0 Å². The summed E-state index contributed by atoms with van der Waals surface area (Å²) in [6.07, 6.45) is 2.63. The Morgan fingerprint density at radius 3 is 2.59 bits per heavy atom. The second kappa shape index (κ2) is 9.83. The quantitative estimate of drug-likeness (QED) is 0.382. The number of carbonyl (C=O) groups excluding carboxylic acids is 1. The molecule has 1 saturated heterocycles. The van der Waals surface area contributed by atoms with E-state index in [1.807, 2.05) is 6.92 Å². The number of carboxylic acid groups (broad SMARTS) is 1. The van der Waals surface area contributed by atoms with Crippen LogP contribution in [0.25, 0.3) is 0 Å². The van der Waals surface area contributed by atoms with Gasteiger partial charge in [0.25, 0.3) is 0 Å². The van der Waals surface area contributed by atoms with Crippen LogP contribution in [-0.2, 0) is 30.5 Å². The second-order valence-corrected chi connectivity index (χ2v) is 12.9. The highest BCUT2D eigenvalue weighted by atomic mass is 32.2. The number of methoxy groups -OCH3 is 1. The molecule has 204 valence electrons. The van der Waals surface area contributed by atoms with Gasteiger partial charge in [-0.2, -0.15) is 0 Å². The first kappa shape index (κ1) is 27.8. The first-order chi connectivity index (χ1) is 17.2. The van der Waals surface area contributed by atoms with Gasteiger partial charge in [-0.15, -0.1) is 0 Å². The zero-order valence-electron chi connectivity index (χ0n) is 21.7. The van der Waals surface area contributed by atoms with Crippen LogP contribution in [0.2, 0.25) is 0 Å². The van der Waals surface area contributed by atoms with E-state index in [2.05, 4.69) is 23.9 Å². The lowest BCUT2D eigenvalue weighted by Gasteiger charge is -2.64. The standard InChI is InChI=1S/C24H34BFN2O8S/c1-23(2)14-11-16(23)24(3)17(12-14)35-25(36-24)18(28-19(29)8-9-27-37(5,32)33)10-13-6-7-15(26)20(22(30)31)21(13)34-4/h6-7,14,16-18,27H,8-12H2,1-5H3,(H,28,29)(H,30,31). The molecular weight excluding hydrogens is 506 g/mol. The average Bonchev–Trinajstić information content (AvgIpc) is 3.15. The number of sulfonamides is 1. The molecule has 2 bridgehead atoms. The third-order valence-electron chi connectivity index (χ3n) is 8.41. The van der Waals surface area contributed by atoms with Gasteiger partial charge >= 0.3 is 13.1 Å². The summed E-state index contributed by atoms with van der Waals surface area (Å²) in [4.78, 5) is 24.5. The molecule has 1 aromatic rings. The Balaban J connectivity index is 1.59. The number of benzene rings is 1. The Bertz CT molecular complexity index is 1200. The zero-order valence-corrected chi connectivity index (χ0v) is 22.5. The number of carboxylic acids is 1. The van der Waals surface area contributed by atoms with E-state index in [1.165, 1.54) is 13.2 Å². The van der Waals surface area contributed by atoms with Gasteiger partial charge in [-0.25, -0.2) is 22.3 Å². The summed E-state index contributed by atoms with van der Waals surface area (Å²) in [6.45, 7) is 6.41. The highest BCUT2D eigenvalue weighted by molar-refractivity contribution is 7.88. The molecule has 5 unspecified atom stereocenters.